The summed E-state index contributed by atoms with van der Waals surface area (Å²) in [4.78, 5) is 30.0. The number of pyridine rings is 1. The Bertz CT molecular complexity index is 977. The van der Waals surface area contributed by atoms with E-state index >= 15 is 0 Å². The Kier molecular flexibility index (Phi) is 4.65. The summed E-state index contributed by atoms with van der Waals surface area (Å²) < 4.78 is 1.47. The number of nitrogens with zero attached hydrogens (tertiary/aromatic N) is 2. The summed E-state index contributed by atoms with van der Waals surface area (Å²) >= 11 is 0. The Morgan fingerprint density at radius 3 is 2.56 bits per heavy atom. The van der Waals surface area contributed by atoms with E-state index in [1.807, 2.05) is 50.2 Å². The molecule has 25 heavy (non-hydrogen) atoms. The molecule has 1 amide bonds. The third-order valence-electron chi connectivity index (χ3n) is 4.33. The zero-order chi connectivity index (χ0) is 18.0. The van der Waals surface area contributed by atoms with E-state index in [0.29, 0.717) is 17.8 Å². The molecule has 1 aromatic carbocycles. The normalized spacial score (nSPS) is 12.1. The van der Waals surface area contributed by atoms with Gasteiger partial charge in [-0.1, -0.05) is 43.3 Å². The molecule has 128 valence electrons. The smallest absolute Gasteiger partial charge is 0.281 e. The Morgan fingerprint density at radius 2 is 1.88 bits per heavy atom. The van der Waals surface area contributed by atoms with Crippen molar-refractivity contribution in [3.05, 3.63) is 75.8 Å². The maximum atomic E-state index is 12.8. The molecule has 0 saturated carbocycles. The van der Waals surface area contributed by atoms with Gasteiger partial charge in [-0.25, -0.2) is 4.98 Å². The lowest BCUT2D eigenvalue weighted by molar-refractivity contribution is -0.117. The largest absolute Gasteiger partial charge is 0.319 e. The minimum Gasteiger partial charge on any atom is -0.319 e. The van der Waals surface area contributed by atoms with Crippen LogP contribution in [0.25, 0.3) is 5.65 Å². The highest BCUT2D eigenvalue weighted by molar-refractivity contribution is 5.96. The molecule has 0 radical (unpaired) electrons. The minimum absolute atomic E-state index is 0.191. The summed E-state index contributed by atoms with van der Waals surface area (Å²) in [5, 5.41) is 2.80. The Morgan fingerprint density at radius 1 is 1.16 bits per heavy atom. The van der Waals surface area contributed by atoms with E-state index < -0.39 is 0 Å². The number of carbonyl (C=O) groups is 1. The van der Waals surface area contributed by atoms with Crippen LogP contribution in [0.15, 0.2) is 53.5 Å². The molecule has 0 aliphatic rings. The number of benzene rings is 1. The third kappa shape index (κ3) is 3.31. The average Bonchev–Trinajstić information content (AvgIpc) is 2.61. The number of amides is 1. The fraction of sp³-hybridized carbons (Fsp3) is 0.250. The van der Waals surface area contributed by atoms with Crippen molar-refractivity contribution in [2.75, 3.05) is 5.32 Å². The maximum Gasteiger partial charge on any atom is 0.281 e. The van der Waals surface area contributed by atoms with Crippen molar-refractivity contribution >= 4 is 17.2 Å². The second kappa shape index (κ2) is 6.89. The molecule has 0 aliphatic carbocycles. The minimum atomic E-state index is -0.307. The average molecular weight is 335 g/mol. The fourth-order valence-electron chi connectivity index (χ4n) is 2.97. The van der Waals surface area contributed by atoms with Crippen LogP contribution in [-0.4, -0.2) is 15.3 Å². The monoisotopic (exact) mass is 335 g/mol. The van der Waals surface area contributed by atoms with E-state index in [0.717, 1.165) is 11.1 Å². The topological polar surface area (TPSA) is 63.5 Å². The van der Waals surface area contributed by atoms with Crippen LogP contribution in [0, 0.1) is 13.8 Å². The van der Waals surface area contributed by atoms with Crippen molar-refractivity contribution in [1.29, 1.82) is 0 Å². The van der Waals surface area contributed by atoms with Gasteiger partial charge in [0.05, 0.1) is 11.6 Å². The van der Waals surface area contributed by atoms with E-state index in [9.17, 15) is 9.59 Å². The van der Waals surface area contributed by atoms with Gasteiger partial charge < -0.3 is 5.32 Å². The van der Waals surface area contributed by atoms with Crippen molar-refractivity contribution in [3.8, 4) is 0 Å². The lowest BCUT2D eigenvalue weighted by atomic mass is 9.95. The van der Waals surface area contributed by atoms with E-state index in [2.05, 4.69) is 10.3 Å². The van der Waals surface area contributed by atoms with Crippen molar-refractivity contribution < 1.29 is 4.79 Å². The lowest BCUT2D eigenvalue weighted by Gasteiger charge is -2.16. The quantitative estimate of drug-likeness (QED) is 0.794. The summed E-state index contributed by atoms with van der Waals surface area (Å²) in [5.74, 6) is -0.499. The molecule has 0 unspecified atom stereocenters. The van der Waals surface area contributed by atoms with Gasteiger partial charge in [0.15, 0.2) is 0 Å². The van der Waals surface area contributed by atoms with E-state index in [-0.39, 0.29) is 23.1 Å². The predicted octanol–water partition coefficient (Wildman–Crippen LogP) is 3.44. The molecule has 1 atom stereocenters. The second-order valence-corrected chi connectivity index (χ2v) is 6.17. The number of aryl methyl sites for hydroxylation is 2. The van der Waals surface area contributed by atoms with Crippen LogP contribution in [0.3, 0.4) is 0 Å². The second-order valence-electron chi connectivity index (χ2n) is 6.17. The van der Waals surface area contributed by atoms with E-state index in [4.69, 9.17) is 0 Å². The van der Waals surface area contributed by atoms with Crippen molar-refractivity contribution in [2.45, 2.75) is 33.1 Å². The highest BCUT2D eigenvalue weighted by atomic mass is 16.2. The molecule has 5 heteroatoms. The Labute approximate surface area is 146 Å². The number of anilines is 1. The van der Waals surface area contributed by atoms with E-state index in [1.165, 1.54) is 4.40 Å². The van der Waals surface area contributed by atoms with Gasteiger partial charge in [0, 0.05) is 6.20 Å². The zero-order valence-corrected chi connectivity index (χ0v) is 14.6. The molecule has 1 N–H and O–H groups in total. The summed E-state index contributed by atoms with van der Waals surface area (Å²) in [6.07, 6.45) is 2.38. The van der Waals surface area contributed by atoms with Crippen molar-refractivity contribution in [3.63, 3.8) is 0 Å². The molecular formula is C20H21N3O2. The molecule has 0 saturated heterocycles. The maximum absolute atomic E-state index is 12.8. The summed E-state index contributed by atoms with van der Waals surface area (Å²) in [6, 6.07) is 13.3. The van der Waals surface area contributed by atoms with Gasteiger partial charge in [0.25, 0.3) is 5.56 Å². The van der Waals surface area contributed by atoms with Gasteiger partial charge >= 0.3 is 0 Å². The first-order valence-corrected chi connectivity index (χ1v) is 8.36. The van der Waals surface area contributed by atoms with Crippen LogP contribution in [0.1, 0.15) is 36.1 Å². The van der Waals surface area contributed by atoms with Crippen molar-refractivity contribution in [1.82, 2.24) is 9.38 Å². The molecular weight excluding hydrogens is 314 g/mol. The third-order valence-corrected chi connectivity index (χ3v) is 4.33. The van der Waals surface area contributed by atoms with Gasteiger partial charge in [0.2, 0.25) is 5.91 Å². The number of hydrogen-bond donors (Lipinski definition) is 1. The molecule has 0 aliphatic heterocycles. The summed E-state index contributed by atoms with van der Waals surface area (Å²) in [6.45, 7) is 5.60. The van der Waals surface area contributed by atoms with Gasteiger partial charge in [-0.05, 0) is 37.5 Å². The molecule has 3 aromatic rings. The Balaban J connectivity index is 1.99. The van der Waals surface area contributed by atoms with Crippen LogP contribution < -0.4 is 10.9 Å². The van der Waals surface area contributed by atoms with Crippen molar-refractivity contribution in [2.24, 2.45) is 0 Å². The number of carbonyl (C=O) groups excluding carboxylic acids is 1. The molecule has 0 bridgehead atoms. The van der Waals surface area contributed by atoms with Crippen LogP contribution in [0.2, 0.25) is 0 Å². The number of fused-ring (bicyclic) bond motifs is 1. The predicted molar refractivity (Wildman–Crippen MR) is 99.0 cm³/mol. The Hall–Kier alpha value is -2.95. The van der Waals surface area contributed by atoms with Gasteiger partial charge in [-0.15, -0.1) is 0 Å². The zero-order valence-electron chi connectivity index (χ0n) is 14.6. The van der Waals surface area contributed by atoms with Crippen LogP contribution in [-0.2, 0) is 4.79 Å². The number of hydrogen-bond acceptors (Lipinski definition) is 3. The summed E-state index contributed by atoms with van der Waals surface area (Å²) in [7, 11) is 0. The molecule has 2 heterocycles. The van der Waals surface area contributed by atoms with Gasteiger partial charge in [0.1, 0.15) is 11.3 Å². The van der Waals surface area contributed by atoms with Crippen LogP contribution in [0.4, 0.5) is 5.69 Å². The molecule has 0 spiro atoms. The van der Waals surface area contributed by atoms with Gasteiger partial charge in [-0.3, -0.25) is 14.0 Å². The van der Waals surface area contributed by atoms with Crippen LogP contribution >= 0.6 is 0 Å². The molecule has 3 rings (SSSR count). The fourth-order valence-corrected chi connectivity index (χ4v) is 2.97. The highest BCUT2D eigenvalue weighted by Crippen LogP contribution is 2.21. The number of rotatable bonds is 4. The van der Waals surface area contributed by atoms with E-state index in [1.54, 1.807) is 19.2 Å². The number of nitrogens with one attached hydrogen (secondary N) is 1. The SMILES string of the molecule is CC[C@H](C(=O)Nc1c(C)nc2ccc(C)cn2c1=O)c1ccccc1. The summed E-state index contributed by atoms with van der Waals surface area (Å²) in [5.41, 5.74) is 2.95. The van der Waals surface area contributed by atoms with Crippen LogP contribution in [0.5, 0.6) is 0 Å². The first-order chi connectivity index (χ1) is 12.0. The highest BCUT2D eigenvalue weighted by Gasteiger charge is 2.21. The molecule has 5 nitrogen and oxygen atoms in total. The lowest BCUT2D eigenvalue weighted by Crippen LogP contribution is -2.28. The standard InChI is InChI=1S/C20H21N3O2/c1-4-16(15-8-6-5-7-9-15)19(24)22-18-14(3)21-17-11-10-13(2)12-23(17)20(18)25/h5-12,16H,4H2,1-3H3,(H,22,24)/t16-/m0/s1. The first-order valence-electron chi connectivity index (χ1n) is 8.36. The molecule has 2 aromatic heterocycles. The number of aromatic nitrogens is 2. The van der Waals surface area contributed by atoms with Gasteiger partial charge in [-0.2, -0.15) is 0 Å². The molecule has 0 fully saturated rings. The first kappa shape index (κ1) is 16.9.